The second-order valence-corrected chi connectivity index (χ2v) is 7.44. The average Bonchev–Trinajstić information content (AvgIpc) is 2.93. The molecule has 2 rings (SSSR count). The van der Waals surface area contributed by atoms with E-state index in [2.05, 4.69) is 6.58 Å². The molecular weight excluding hydrogens is 376 g/mol. The minimum Gasteiger partial charge on any atom is -0.458 e. The third kappa shape index (κ3) is 5.67. The Morgan fingerprint density at radius 2 is 2.00 bits per heavy atom. The van der Waals surface area contributed by atoms with Gasteiger partial charge in [0.15, 0.2) is 0 Å². The van der Waals surface area contributed by atoms with E-state index in [1.807, 2.05) is 13.0 Å². The predicted molar refractivity (Wildman–Crippen MR) is 106 cm³/mol. The van der Waals surface area contributed by atoms with Crippen LogP contribution < -0.4 is 0 Å². The lowest BCUT2D eigenvalue weighted by atomic mass is 9.83. The minimum absolute atomic E-state index is 0.238. The van der Waals surface area contributed by atoms with E-state index in [1.165, 1.54) is 13.0 Å². The van der Waals surface area contributed by atoms with E-state index >= 15 is 0 Å². The van der Waals surface area contributed by atoms with Crippen LogP contribution in [0.4, 0.5) is 0 Å². The van der Waals surface area contributed by atoms with Crippen molar-refractivity contribution in [2.75, 3.05) is 6.61 Å². The summed E-state index contributed by atoms with van der Waals surface area (Å²) in [6.07, 6.45) is 4.06. The van der Waals surface area contributed by atoms with E-state index in [4.69, 9.17) is 19.3 Å². The van der Waals surface area contributed by atoms with Crippen molar-refractivity contribution >= 4 is 17.9 Å². The summed E-state index contributed by atoms with van der Waals surface area (Å²) >= 11 is 0. The largest absolute Gasteiger partial charge is 0.458 e. The van der Waals surface area contributed by atoms with Crippen LogP contribution in [-0.2, 0) is 28.6 Å². The van der Waals surface area contributed by atoms with Gasteiger partial charge in [-0.05, 0) is 38.5 Å². The molecule has 0 saturated carbocycles. The Hall–Kier alpha value is -2.67. The van der Waals surface area contributed by atoms with Gasteiger partial charge < -0.3 is 19.3 Å². The summed E-state index contributed by atoms with van der Waals surface area (Å²) in [5, 5.41) is 9.02. The van der Waals surface area contributed by atoms with Crippen molar-refractivity contribution in [2.24, 2.45) is 5.92 Å². The second kappa shape index (κ2) is 9.69. The normalized spacial score (nSPS) is 31.6. The lowest BCUT2D eigenvalue weighted by Gasteiger charge is -2.29. The minimum atomic E-state index is -0.668. The molecule has 1 aliphatic carbocycles. The van der Waals surface area contributed by atoms with Gasteiger partial charge in [0.25, 0.3) is 0 Å². The molecule has 0 aromatic heterocycles. The lowest BCUT2D eigenvalue weighted by Crippen LogP contribution is -2.35. The number of hydrogen-bond acceptors (Lipinski definition) is 7. The van der Waals surface area contributed by atoms with E-state index in [1.54, 1.807) is 19.9 Å². The molecule has 1 fully saturated rings. The molecule has 158 valence electrons. The number of aliphatic hydroxyl groups excluding tert-OH is 1. The number of fused-ring (bicyclic) bond motifs is 1. The molecule has 1 heterocycles. The summed E-state index contributed by atoms with van der Waals surface area (Å²) in [5.41, 5.74) is 2.13. The van der Waals surface area contributed by atoms with E-state index in [0.29, 0.717) is 18.4 Å². The van der Waals surface area contributed by atoms with Gasteiger partial charge in [-0.1, -0.05) is 18.2 Å². The zero-order valence-electron chi connectivity index (χ0n) is 17.3. The van der Waals surface area contributed by atoms with E-state index in [-0.39, 0.29) is 17.8 Å². The SMILES string of the molecule is C=C1C(=O)O[C@H]2/C(C)=C\[C@@H](OC(C)=O)C/C=C(/C)C[C@@H](OC(=O)/C(C)=C\CO)[C@@H]12. The first-order valence-corrected chi connectivity index (χ1v) is 9.53. The third-order valence-corrected chi connectivity index (χ3v) is 5.04. The molecule has 2 aliphatic rings. The Labute approximate surface area is 170 Å². The van der Waals surface area contributed by atoms with Crippen LogP contribution in [0.5, 0.6) is 0 Å². The number of carbonyl (C=O) groups is 3. The maximum absolute atomic E-state index is 12.4. The van der Waals surface area contributed by atoms with Gasteiger partial charge in [0.05, 0.1) is 12.5 Å². The van der Waals surface area contributed by atoms with Crippen LogP contribution >= 0.6 is 0 Å². The molecule has 0 spiro atoms. The summed E-state index contributed by atoms with van der Waals surface area (Å²) in [5.74, 6) is -2.07. The number of rotatable bonds is 4. The van der Waals surface area contributed by atoms with Gasteiger partial charge >= 0.3 is 17.9 Å². The fourth-order valence-corrected chi connectivity index (χ4v) is 3.54. The fraction of sp³-hybridized carbons (Fsp3) is 0.500. The topological polar surface area (TPSA) is 99.1 Å². The summed E-state index contributed by atoms with van der Waals surface area (Å²) in [6, 6.07) is 0. The number of aliphatic hydroxyl groups is 1. The molecule has 0 aromatic carbocycles. The summed E-state index contributed by atoms with van der Waals surface area (Å²) in [7, 11) is 0. The Kier molecular flexibility index (Phi) is 7.56. The first-order valence-electron chi connectivity index (χ1n) is 9.53. The van der Waals surface area contributed by atoms with Gasteiger partial charge in [0.1, 0.15) is 18.3 Å². The van der Waals surface area contributed by atoms with Gasteiger partial charge in [-0.25, -0.2) is 9.59 Å². The monoisotopic (exact) mass is 404 g/mol. The molecule has 1 saturated heterocycles. The number of ether oxygens (including phenoxy) is 3. The molecule has 29 heavy (non-hydrogen) atoms. The zero-order valence-corrected chi connectivity index (χ0v) is 17.3. The highest BCUT2D eigenvalue weighted by molar-refractivity contribution is 5.92. The van der Waals surface area contributed by atoms with Crippen molar-refractivity contribution in [3.8, 4) is 0 Å². The van der Waals surface area contributed by atoms with Crippen molar-refractivity contribution in [3.63, 3.8) is 0 Å². The molecule has 7 nitrogen and oxygen atoms in total. The van der Waals surface area contributed by atoms with Crippen molar-refractivity contribution in [2.45, 2.75) is 58.8 Å². The Bertz CT molecular complexity index is 787. The first-order chi connectivity index (χ1) is 13.6. The quantitative estimate of drug-likeness (QED) is 0.333. The maximum Gasteiger partial charge on any atom is 0.334 e. The molecule has 7 heteroatoms. The van der Waals surface area contributed by atoms with Crippen LogP contribution in [0, 0.1) is 5.92 Å². The van der Waals surface area contributed by atoms with Crippen molar-refractivity contribution in [3.05, 3.63) is 47.1 Å². The fourth-order valence-electron chi connectivity index (χ4n) is 3.54. The van der Waals surface area contributed by atoms with E-state index < -0.39 is 42.1 Å². The summed E-state index contributed by atoms with van der Waals surface area (Å²) in [6.45, 7) is 10.2. The molecule has 0 bridgehead atoms. The van der Waals surface area contributed by atoms with Crippen LogP contribution in [0.2, 0.25) is 0 Å². The number of hydrogen-bond donors (Lipinski definition) is 1. The molecule has 0 unspecified atom stereocenters. The van der Waals surface area contributed by atoms with Crippen molar-refractivity contribution < 1.29 is 33.7 Å². The van der Waals surface area contributed by atoms with E-state index in [0.717, 1.165) is 5.57 Å². The molecule has 0 aromatic rings. The highest BCUT2D eigenvalue weighted by atomic mass is 16.6. The number of esters is 3. The smallest absolute Gasteiger partial charge is 0.334 e. The van der Waals surface area contributed by atoms with Gasteiger partial charge in [-0.15, -0.1) is 0 Å². The first kappa shape index (κ1) is 22.6. The highest BCUT2D eigenvalue weighted by Crippen LogP contribution is 2.38. The zero-order chi connectivity index (χ0) is 21.7. The van der Waals surface area contributed by atoms with Gasteiger partial charge in [-0.2, -0.15) is 0 Å². The molecule has 0 amide bonds. The third-order valence-electron chi connectivity index (χ3n) is 5.04. The van der Waals surface area contributed by atoms with Crippen LogP contribution in [0.15, 0.2) is 47.1 Å². The van der Waals surface area contributed by atoms with Crippen molar-refractivity contribution in [1.29, 1.82) is 0 Å². The van der Waals surface area contributed by atoms with Crippen LogP contribution in [0.1, 0.15) is 40.5 Å². The molecule has 4 atom stereocenters. The predicted octanol–water partition coefficient (Wildman–Crippen LogP) is 2.55. The van der Waals surface area contributed by atoms with Crippen LogP contribution in [0.3, 0.4) is 0 Å². The van der Waals surface area contributed by atoms with Crippen LogP contribution in [0.25, 0.3) is 0 Å². The van der Waals surface area contributed by atoms with Gasteiger partial charge in [0, 0.05) is 30.9 Å². The maximum atomic E-state index is 12.4. The second-order valence-electron chi connectivity index (χ2n) is 7.44. The molecular formula is C22H28O7. The standard InChI is InChI=1S/C22H28O7/c1-12-6-7-17(27-16(5)24)11-14(3)20-19(15(4)22(26)29-20)18(10-12)28-21(25)13(2)8-9-23/h6,8,11,17-20,23H,4,7,9-10H2,1-3,5H3/b12-6-,13-8-,14-11-/t17-,18+,19+,20-/m0/s1. The Morgan fingerprint density at radius 3 is 2.62 bits per heavy atom. The average molecular weight is 404 g/mol. The highest BCUT2D eigenvalue weighted by Gasteiger charge is 2.46. The van der Waals surface area contributed by atoms with Gasteiger partial charge in [-0.3, -0.25) is 4.79 Å². The molecule has 1 N–H and O–H groups in total. The summed E-state index contributed by atoms with van der Waals surface area (Å²) in [4.78, 5) is 36.1. The summed E-state index contributed by atoms with van der Waals surface area (Å²) < 4.78 is 16.6. The van der Waals surface area contributed by atoms with E-state index in [9.17, 15) is 14.4 Å². The van der Waals surface area contributed by atoms with Crippen molar-refractivity contribution in [1.82, 2.24) is 0 Å². The van der Waals surface area contributed by atoms with Gasteiger partial charge in [0.2, 0.25) is 0 Å². The Morgan fingerprint density at radius 1 is 1.31 bits per heavy atom. The molecule has 1 aliphatic heterocycles. The Balaban J connectivity index is 2.42. The number of carbonyl (C=O) groups excluding carboxylic acids is 3. The molecule has 0 radical (unpaired) electrons. The van der Waals surface area contributed by atoms with Crippen LogP contribution in [-0.4, -0.2) is 47.9 Å². The lowest BCUT2D eigenvalue weighted by molar-refractivity contribution is -0.148.